The molecule has 1 aromatic rings. The molecule has 1 amide bonds. The van der Waals surface area contributed by atoms with Crippen molar-refractivity contribution in [3.8, 4) is 0 Å². The number of ether oxygens (including phenoxy) is 1. The molecule has 0 unspecified atom stereocenters. The Kier molecular flexibility index (Phi) is 5.05. The van der Waals surface area contributed by atoms with Gasteiger partial charge >= 0.3 is 0 Å². The zero-order valence-electron chi connectivity index (χ0n) is 12.3. The number of carbonyl (C=O) groups is 1. The summed E-state index contributed by atoms with van der Waals surface area (Å²) in [5.41, 5.74) is 1.71. The lowest BCUT2D eigenvalue weighted by Crippen LogP contribution is -2.33. The highest BCUT2D eigenvalue weighted by Gasteiger charge is 2.19. The van der Waals surface area contributed by atoms with Crippen molar-refractivity contribution in [3.63, 3.8) is 0 Å². The van der Waals surface area contributed by atoms with Crippen molar-refractivity contribution in [2.45, 2.75) is 52.2 Å². The zero-order chi connectivity index (χ0) is 14.7. The number of nitrogens with zero attached hydrogens (tertiary/aromatic N) is 2. The van der Waals surface area contributed by atoms with E-state index in [2.05, 4.69) is 10.4 Å². The first-order valence-corrected chi connectivity index (χ1v) is 7.46. The molecule has 2 rings (SSSR count). The predicted molar refractivity (Wildman–Crippen MR) is 78.0 cm³/mol. The Labute approximate surface area is 124 Å². The Morgan fingerprint density at radius 1 is 1.60 bits per heavy atom. The van der Waals surface area contributed by atoms with Crippen molar-refractivity contribution in [3.05, 3.63) is 16.4 Å². The van der Waals surface area contributed by atoms with Gasteiger partial charge in [-0.2, -0.15) is 5.10 Å². The van der Waals surface area contributed by atoms with Crippen molar-refractivity contribution in [1.82, 2.24) is 15.1 Å². The molecule has 1 aliphatic heterocycles. The molecule has 1 aliphatic rings. The maximum absolute atomic E-state index is 11.9. The van der Waals surface area contributed by atoms with E-state index in [9.17, 15) is 4.79 Å². The third-order valence-electron chi connectivity index (χ3n) is 3.69. The number of halogens is 1. The highest BCUT2D eigenvalue weighted by Crippen LogP contribution is 2.23. The molecule has 6 heteroatoms. The maximum atomic E-state index is 11.9. The fourth-order valence-electron chi connectivity index (χ4n) is 2.53. The summed E-state index contributed by atoms with van der Waals surface area (Å²) in [5, 5.41) is 7.99. The molecular formula is C14H22ClN3O2. The smallest absolute Gasteiger partial charge is 0.222 e. The summed E-state index contributed by atoms with van der Waals surface area (Å²) in [6.07, 6.45) is 2.69. The maximum Gasteiger partial charge on any atom is 0.222 e. The van der Waals surface area contributed by atoms with Crippen LogP contribution in [0, 0.1) is 13.8 Å². The van der Waals surface area contributed by atoms with Gasteiger partial charge in [-0.05, 0) is 33.6 Å². The second-order valence-corrected chi connectivity index (χ2v) is 5.80. The Bertz CT molecular complexity index is 481. The summed E-state index contributed by atoms with van der Waals surface area (Å²) in [4.78, 5) is 11.9. The number of rotatable bonds is 5. The molecule has 2 atom stereocenters. The lowest BCUT2D eigenvalue weighted by molar-refractivity contribution is -0.122. The Hall–Kier alpha value is -1.07. The van der Waals surface area contributed by atoms with Crippen molar-refractivity contribution < 1.29 is 9.53 Å². The van der Waals surface area contributed by atoms with Gasteiger partial charge in [-0.15, -0.1) is 0 Å². The lowest BCUT2D eigenvalue weighted by Gasteiger charge is -2.15. The van der Waals surface area contributed by atoms with E-state index in [4.69, 9.17) is 16.3 Å². The van der Waals surface area contributed by atoms with E-state index < -0.39 is 0 Å². The summed E-state index contributed by atoms with van der Waals surface area (Å²) in [6, 6.07) is -0.00861. The van der Waals surface area contributed by atoms with E-state index in [0.29, 0.717) is 18.0 Å². The number of aromatic nitrogens is 2. The first-order valence-electron chi connectivity index (χ1n) is 7.08. The van der Waals surface area contributed by atoms with Gasteiger partial charge in [0, 0.05) is 19.6 Å². The number of amides is 1. The average Bonchev–Trinajstić information content (AvgIpc) is 3.01. The lowest BCUT2D eigenvalue weighted by atomic mass is 10.2. The summed E-state index contributed by atoms with van der Waals surface area (Å²) in [7, 11) is 0. The van der Waals surface area contributed by atoms with E-state index in [1.807, 2.05) is 25.5 Å². The van der Waals surface area contributed by atoms with Gasteiger partial charge in [0.1, 0.15) is 0 Å². The molecule has 0 bridgehead atoms. The molecule has 0 saturated carbocycles. The quantitative estimate of drug-likeness (QED) is 0.908. The number of aryl methyl sites for hydroxylation is 1. The number of nitrogens with one attached hydrogen (secondary N) is 1. The molecule has 5 nitrogen and oxygen atoms in total. The Morgan fingerprint density at radius 3 is 2.90 bits per heavy atom. The van der Waals surface area contributed by atoms with Gasteiger partial charge in [-0.1, -0.05) is 11.6 Å². The van der Waals surface area contributed by atoms with Crippen molar-refractivity contribution in [2.75, 3.05) is 13.2 Å². The highest BCUT2D eigenvalue weighted by molar-refractivity contribution is 6.31. The SMILES string of the molecule is Cc1nn([C@@H](C)CC(=O)NC[C@H]2CCCO2)c(C)c1Cl. The van der Waals surface area contributed by atoms with E-state index in [1.54, 1.807) is 0 Å². The van der Waals surface area contributed by atoms with Gasteiger partial charge in [0.2, 0.25) is 5.91 Å². The van der Waals surface area contributed by atoms with Crippen molar-refractivity contribution in [2.24, 2.45) is 0 Å². The summed E-state index contributed by atoms with van der Waals surface area (Å²) >= 11 is 6.13. The van der Waals surface area contributed by atoms with Crippen molar-refractivity contribution >= 4 is 17.5 Å². The first kappa shape index (κ1) is 15.3. The predicted octanol–water partition coefficient (Wildman–Crippen LogP) is 2.40. The van der Waals surface area contributed by atoms with Gasteiger partial charge in [-0.3, -0.25) is 9.48 Å². The number of hydrogen-bond acceptors (Lipinski definition) is 3. The van der Waals surface area contributed by atoms with Gasteiger partial charge in [0.05, 0.1) is 28.6 Å². The third-order valence-corrected chi connectivity index (χ3v) is 4.23. The van der Waals surface area contributed by atoms with E-state index in [0.717, 1.165) is 30.8 Å². The molecule has 1 N–H and O–H groups in total. The average molecular weight is 300 g/mol. The number of hydrogen-bond donors (Lipinski definition) is 1. The van der Waals surface area contributed by atoms with Gasteiger partial charge in [-0.25, -0.2) is 0 Å². The van der Waals surface area contributed by atoms with Crippen LogP contribution in [0.1, 0.15) is 43.6 Å². The van der Waals surface area contributed by atoms with Crippen LogP contribution >= 0.6 is 11.6 Å². The fraction of sp³-hybridized carbons (Fsp3) is 0.714. The zero-order valence-corrected chi connectivity index (χ0v) is 13.0. The first-order chi connectivity index (χ1) is 9.49. The van der Waals surface area contributed by atoms with Crippen LogP contribution in [0.4, 0.5) is 0 Å². The van der Waals surface area contributed by atoms with Crippen LogP contribution in [-0.4, -0.2) is 34.9 Å². The molecule has 0 radical (unpaired) electrons. The van der Waals surface area contributed by atoms with Gasteiger partial charge in [0.15, 0.2) is 0 Å². The normalized spacial score (nSPS) is 20.1. The van der Waals surface area contributed by atoms with Crippen LogP contribution in [0.15, 0.2) is 0 Å². The van der Waals surface area contributed by atoms with E-state index in [1.165, 1.54) is 0 Å². The molecule has 1 saturated heterocycles. The number of carbonyl (C=O) groups excluding carboxylic acids is 1. The van der Waals surface area contributed by atoms with Crippen LogP contribution in [0.5, 0.6) is 0 Å². The fourth-order valence-corrected chi connectivity index (χ4v) is 2.66. The standard InChI is InChI=1S/C14H22ClN3O2/c1-9(18-11(3)14(15)10(2)17-18)7-13(19)16-8-12-5-4-6-20-12/h9,12H,4-8H2,1-3H3,(H,16,19)/t9-,12+/m0/s1. The topological polar surface area (TPSA) is 56.2 Å². The molecular weight excluding hydrogens is 278 g/mol. The van der Waals surface area contributed by atoms with E-state index >= 15 is 0 Å². The molecule has 20 heavy (non-hydrogen) atoms. The van der Waals surface area contributed by atoms with Crippen LogP contribution in [-0.2, 0) is 9.53 Å². The summed E-state index contributed by atoms with van der Waals surface area (Å²) in [6.45, 7) is 7.17. The molecule has 112 valence electrons. The molecule has 0 aromatic carbocycles. The van der Waals surface area contributed by atoms with Gasteiger partial charge in [0.25, 0.3) is 0 Å². The van der Waals surface area contributed by atoms with Crippen molar-refractivity contribution in [1.29, 1.82) is 0 Å². The van der Waals surface area contributed by atoms with Crippen LogP contribution in [0.25, 0.3) is 0 Å². The second-order valence-electron chi connectivity index (χ2n) is 5.42. The largest absolute Gasteiger partial charge is 0.376 e. The van der Waals surface area contributed by atoms with Crippen LogP contribution < -0.4 is 5.32 Å². The second kappa shape index (κ2) is 6.59. The molecule has 1 fully saturated rings. The summed E-state index contributed by atoms with van der Waals surface area (Å²) < 4.78 is 7.30. The molecule has 2 heterocycles. The minimum Gasteiger partial charge on any atom is -0.376 e. The Morgan fingerprint density at radius 2 is 2.35 bits per heavy atom. The molecule has 0 spiro atoms. The third kappa shape index (κ3) is 3.52. The van der Waals surface area contributed by atoms with Crippen LogP contribution in [0.3, 0.4) is 0 Å². The monoisotopic (exact) mass is 299 g/mol. The van der Waals surface area contributed by atoms with Crippen LogP contribution in [0.2, 0.25) is 5.02 Å². The summed E-state index contributed by atoms with van der Waals surface area (Å²) in [5.74, 6) is 0.0247. The molecule has 0 aliphatic carbocycles. The Balaban J connectivity index is 1.85. The van der Waals surface area contributed by atoms with E-state index in [-0.39, 0.29) is 18.1 Å². The van der Waals surface area contributed by atoms with Gasteiger partial charge < -0.3 is 10.1 Å². The molecule has 1 aromatic heterocycles. The minimum atomic E-state index is -0.00861. The highest BCUT2D eigenvalue weighted by atomic mass is 35.5. The minimum absolute atomic E-state index is 0.00861.